The minimum Gasteiger partial charge on any atom is -0.508 e. The zero-order valence-electron chi connectivity index (χ0n) is 19.1. The minimum atomic E-state index is -4.52. The van der Waals surface area contributed by atoms with E-state index in [-0.39, 0.29) is 17.7 Å². The quantitative estimate of drug-likeness (QED) is 0.211. The van der Waals surface area contributed by atoms with Crippen LogP contribution in [0.3, 0.4) is 0 Å². The molecule has 1 aliphatic rings. The van der Waals surface area contributed by atoms with Gasteiger partial charge in [-0.1, -0.05) is 40.2 Å². The van der Waals surface area contributed by atoms with Crippen molar-refractivity contribution in [1.82, 2.24) is 0 Å². The summed E-state index contributed by atoms with van der Waals surface area (Å²) in [5.74, 6) is -3.63. The van der Waals surface area contributed by atoms with Crippen LogP contribution >= 0.6 is 15.9 Å². The molecule has 1 unspecified atom stereocenters. The first-order valence-corrected chi connectivity index (χ1v) is 12.9. The first-order valence-electron chi connectivity index (χ1n) is 10.5. The molecule has 36 heavy (non-hydrogen) atoms. The number of alkyl halides is 4. The lowest BCUT2D eigenvalue weighted by Gasteiger charge is -2.38. The number of halogens is 4. The average molecular weight is 595 g/mol. The summed E-state index contributed by atoms with van der Waals surface area (Å²) in [6.45, 7) is 0. The van der Waals surface area contributed by atoms with Gasteiger partial charge in [-0.2, -0.15) is 21.6 Å². The van der Waals surface area contributed by atoms with E-state index in [0.29, 0.717) is 11.1 Å². The Kier molecular flexibility index (Phi) is 7.66. The largest absolute Gasteiger partial charge is 0.508 e. The number of aromatic hydroxyl groups is 1. The standard InChI is InChI=1S/C23H22BrF3O8S/c1-33-19(29)21(20(30)34-2)13-14-6-3-4-7-16(14)23(21,24)17-12-15(8-9-18(17)28)35-36(31,32)11-5-10-22(25,26)27/h3-4,6-9,12,28H,5,10-11,13H2,1-2H3. The first kappa shape index (κ1) is 27.8. The van der Waals surface area contributed by atoms with Crippen molar-refractivity contribution in [2.75, 3.05) is 20.0 Å². The Morgan fingerprint density at radius 3 is 2.25 bits per heavy atom. The highest BCUT2D eigenvalue weighted by Crippen LogP contribution is 2.62. The second-order valence-corrected chi connectivity index (χ2v) is 11.0. The molecule has 0 aliphatic heterocycles. The van der Waals surface area contributed by atoms with Crippen molar-refractivity contribution in [3.05, 3.63) is 59.2 Å². The number of phenolic OH excluding ortho intramolecular Hbond substituents is 1. The molecule has 1 N–H and O–H groups in total. The van der Waals surface area contributed by atoms with Crippen molar-refractivity contribution in [2.24, 2.45) is 5.41 Å². The number of carbonyl (C=O) groups excluding carboxylic acids is 2. The van der Waals surface area contributed by atoms with Gasteiger partial charge in [-0.05, 0) is 35.7 Å². The van der Waals surface area contributed by atoms with Gasteiger partial charge in [0.25, 0.3) is 0 Å². The predicted octanol–water partition coefficient (Wildman–Crippen LogP) is 3.97. The summed E-state index contributed by atoms with van der Waals surface area (Å²) in [4.78, 5) is 26.3. The average Bonchev–Trinajstić information content (AvgIpc) is 3.08. The van der Waals surface area contributed by atoms with Crippen LogP contribution in [0, 0.1) is 5.41 Å². The fraction of sp³-hybridized carbons (Fsp3) is 0.391. The molecule has 1 atom stereocenters. The van der Waals surface area contributed by atoms with E-state index in [1.54, 1.807) is 24.3 Å². The van der Waals surface area contributed by atoms with Crippen LogP contribution in [0.2, 0.25) is 0 Å². The third-order valence-electron chi connectivity index (χ3n) is 5.92. The second-order valence-electron chi connectivity index (χ2n) is 8.12. The molecule has 8 nitrogen and oxygen atoms in total. The number of esters is 2. The van der Waals surface area contributed by atoms with E-state index in [0.717, 1.165) is 32.4 Å². The molecular weight excluding hydrogens is 573 g/mol. The van der Waals surface area contributed by atoms with E-state index < -0.39 is 62.3 Å². The maximum Gasteiger partial charge on any atom is 0.389 e. The fourth-order valence-electron chi connectivity index (χ4n) is 4.36. The molecule has 0 aromatic heterocycles. The number of methoxy groups -OCH3 is 2. The van der Waals surface area contributed by atoms with Crippen molar-refractivity contribution in [1.29, 1.82) is 0 Å². The van der Waals surface area contributed by atoms with E-state index in [1.165, 1.54) is 0 Å². The zero-order chi connectivity index (χ0) is 26.9. The molecule has 196 valence electrons. The number of hydrogen-bond donors (Lipinski definition) is 1. The van der Waals surface area contributed by atoms with Crippen molar-refractivity contribution in [2.45, 2.75) is 29.8 Å². The highest BCUT2D eigenvalue weighted by molar-refractivity contribution is 9.09. The minimum absolute atomic E-state index is 0.119. The molecule has 0 saturated heterocycles. The normalized spacial score (nSPS) is 18.8. The number of hydrogen-bond acceptors (Lipinski definition) is 8. The van der Waals surface area contributed by atoms with E-state index in [1.807, 2.05) is 0 Å². The summed E-state index contributed by atoms with van der Waals surface area (Å²) >= 11 is 3.50. The van der Waals surface area contributed by atoms with Gasteiger partial charge < -0.3 is 18.8 Å². The van der Waals surface area contributed by atoms with Gasteiger partial charge in [0.1, 0.15) is 15.8 Å². The van der Waals surface area contributed by atoms with Crippen LogP contribution in [0.15, 0.2) is 42.5 Å². The summed E-state index contributed by atoms with van der Waals surface area (Å²) in [6.07, 6.45) is -6.71. The molecular formula is C23H22BrF3O8S. The molecule has 0 radical (unpaired) electrons. The van der Waals surface area contributed by atoms with E-state index in [4.69, 9.17) is 13.7 Å². The summed E-state index contributed by atoms with van der Waals surface area (Å²) in [7, 11) is -2.28. The van der Waals surface area contributed by atoms with Gasteiger partial charge in [0, 0.05) is 18.4 Å². The van der Waals surface area contributed by atoms with Gasteiger partial charge in [-0.15, -0.1) is 0 Å². The Bertz CT molecular complexity index is 1260. The maximum absolute atomic E-state index is 13.2. The van der Waals surface area contributed by atoms with Crippen molar-refractivity contribution < 1.29 is 49.9 Å². The van der Waals surface area contributed by atoms with Crippen LogP contribution in [0.1, 0.15) is 29.5 Å². The molecule has 0 bridgehead atoms. The van der Waals surface area contributed by atoms with E-state index in [9.17, 15) is 36.3 Å². The van der Waals surface area contributed by atoms with Gasteiger partial charge in [0.2, 0.25) is 0 Å². The lowest BCUT2D eigenvalue weighted by Crippen LogP contribution is -2.52. The van der Waals surface area contributed by atoms with Crippen molar-refractivity contribution in [3.63, 3.8) is 0 Å². The smallest absolute Gasteiger partial charge is 0.389 e. The van der Waals surface area contributed by atoms with Gasteiger partial charge in [-0.3, -0.25) is 9.59 Å². The third-order valence-corrected chi connectivity index (χ3v) is 8.68. The molecule has 0 saturated carbocycles. The maximum atomic E-state index is 13.2. The van der Waals surface area contributed by atoms with Gasteiger partial charge in [0.15, 0.2) is 5.41 Å². The fourth-order valence-corrected chi connectivity index (χ4v) is 6.51. The number of ether oxygens (including phenoxy) is 2. The number of fused-ring (bicyclic) bond motifs is 1. The third kappa shape index (κ3) is 4.90. The molecule has 0 fully saturated rings. The van der Waals surface area contributed by atoms with Crippen LogP contribution in [0.4, 0.5) is 13.2 Å². The van der Waals surface area contributed by atoms with Crippen LogP contribution in [0.5, 0.6) is 11.5 Å². The van der Waals surface area contributed by atoms with Gasteiger partial charge in [0.05, 0.1) is 20.0 Å². The second kappa shape index (κ2) is 9.92. The molecule has 2 aromatic carbocycles. The monoisotopic (exact) mass is 594 g/mol. The Morgan fingerprint density at radius 2 is 1.67 bits per heavy atom. The molecule has 0 spiro atoms. The van der Waals surface area contributed by atoms with Crippen LogP contribution in [0.25, 0.3) is 0 Å². The van der Waals surface area contributed by atoms with Crippen LogP contribution in [-0.4, -0.2) is 51.6 Å². The topological polar surface area (TPSA) is 116 Å². The summed E-state index contributed by atoms with van der Waals surface area (Å²) in [6, 6.07) is 9.87. The Hall–Kier alpha value is -2.80. The number of rotatable bonds is 8. The predicted molar refractivity (Wildman–Crippen MR) is 124 cm³/mol. The lowest BCUT2D eigenvalue weighted by molar-refractivity contribution is -0.170. The summed E-state index contributed by atoms with van der Waals surface area (Å²) in [5, 5.41) is 10.8. The van der Waals surface area contributed by atoms with Crippen LogP contribution < -0.4 is 4.18 Å². The van der Waals surface area contributed by atoms with Gasteiger partial charge >= 0.3 is 28.2 Å². The zero-order valence-corrected chi connectivity index (χ0v) is 21.5. The molecule has 1 aliphatic carbocycles. The molecule has 0 heterocycles. The molecule has 2 aromatic rings. The molecule has 0 amide bonds. The highest BCUT2D eigenvalue weighted by atomic mass is 79.9. The Morgan fingerprint density at radius 1 is 1.06 bits per heavy atom. The van der Waals surface area contributed by atoms with Crippen molar-refractivity contribution in [3.8, 4) is 11.5 Å². The molecule has 13 heteroatoms. The Balaban J connectivity index is 2.13. The van der Waals surface area contributed by atoms with E-state index in [2.05, 4.69) is 15.9 Å². The van der Waals surface area contributed by atoms with Crippen molar-refractivity contribution >= 4 is 38.0 Å². The number of benzene rings is 2. The van der Waals surface area contributed by atoms with Gasteiger partial charge in [-0.25, -0.2) is 0 Å². The Labute approximate surface area is 213 Å². The number of phenols is 1. The summed E-state index contributed by atoms with van der Waals surface area (Å²) in [5.41, 5.74) is -1.23. The SMILES string of the molecule is COC(=O)C1(C(=O)OC)Cc2ccccc2C1(Br)c1cc(OS(=O)(=O)CCCC(F)(F)F)ccc1O. The lowest BCUT2D eigenvalue weighted by atomic mass is 9.71. The van der Waals surface area contributed by atoms with E-state index >= 15 is 0 Å². The first-order chi connectivity index (χ1) is 16.7. The molecule has 3 rings (SSSR count). The summed E-state index contributed by atoms with van der Waals surface area (Å²) < 4.78 is 75.0. The highest BCUT2D eigenvalue weighted by Gasteiger charge is 2.69. The number of carbonyl (C=O) groups is 2. The van der Waals surface area contributed by atoms with Crippen LogP contribution in [-0.2, 0) is 39.9 Å².